The molecule has 0 radical (unpaired) electrons. The number of carbonyl (C=O) groups excluding carboxylic acids is 2. The van der Waals surface area contributed by atoms with Gasteiger partial charge in [0.15, 0.2) is 0 Å². The van der Waals surface area contributed by atoms with Gasteiger partial charge < -0.3 is 10.2 Å². The molecule has 0 aromatic rings. The van der Waals surface area contributed by atoms with E-state index in [4.69, 9.17) is 33.4 Å². The first kappa shape index (κ1) is 15.7. The van der Waals surface area contributed by atoms with Crippen LogP contribution in [0.25, 0.3) is 0 Å². The molecular weight excluding hydrogens is 335 g/mol. The second-order valence-corrected chi connectivity index (χ2v) is 8.03. The van der Waals surface area contributed by atoms with Crippen molar-refractivity contribution in [3.05, 3.63) is 0 Å². The summed E-state index contributed by atoms with van der Waals surface area (Å²) in [5, 5.41) is 16.7. The quantitative estimate of drug-likeness (QED) is 0.752. The molecular formula is C14H14Cl2O6. The van der Waals surface area contributed by atoms with Crippen LogP contribution in [0.4, 0.5) is 0 Å². The van der Waals surface area contributed by atoms with E-state index in [9.17, 15) is 19.2 Å². The molecule has 0 spiro atoms. The Morgan fingerprint density at radius 2 is 0.818 bits per heavy atom. The summed E-state index contributed by atoms with van der Waals surface area (Å²) >= 11 is 10.7. The lowest BCUT2D eigenvalue weighted by atomic mass is 9.35. The van der Waals surface area contributed by atoms with E-state index in [1.54, 1.807) is 0 Å². The summed E-state index contributed by atoms with van der Waals surface area (Å²) in [7, 11) is 0. The van der Waals surface area contributed by atoms with Crippen molar-refractivity contribution in [2.75, 3.05) is 0 Å². The molecule has 0 saturated heterocycles. The van der Waals surface area contributed by atoms with Crippen molar-refractivity contribution in [2.24, 2.45) is 21.7 Å². The highest BCUT2D eigenvalue weighted by atomic mass is 35.5. The summed E-state index contributed by atoms with van der Waals surface area (Å²) in [6.45, 7) is 0. The lowest BCUT2D eigenvalue weighted by molar-refractivity contribution is -0.230. The minimum atomic E-state index is -0.833. The standard InChI is InChI=1S/C7H6Cl2O2.C7H8O4/c8-4(10)6-1-7(2-6,3-6)5(9)11;8-4(9)6-1-7(2-6,3-6)5(10)11/h1-3H2;1-3H2,(H,8,9)(H,10,11). The topological polar surface area (TPSA) is 109 Å². The summed E-state index contributed by atoms with van der Waals surface area (Å²) in [6, 6.07) is 0. The Morgan fingerprint density at radius 3 is 1.00 bits per heavy atom. The van der Waals surface area contributed by atoms with E-state index in [0.717, 1.165) is 0 Å². The number of carboxylic acids is 2. The Morgan fingerprint density at radius 1 is 0.591 bits per heavy atom. The van der Waals surface area contributed by atoms with E-state index in [2.05, 4.69) is 0 Å². The molecule has 0 unspecified atom stereocenters. The summed E-state index contributed by atoms with van der Waals surface area (Å²) < 4.78 is 0. The fourth-order valence-corrected chi connectivity index (χ4v) is 4.85. The zero-order chi connectivity index (χ0) is 16.6. The Bertz CT molecular complexity index is 483. The van der Waals surface area contributed by atoms with Crippen molar-refractivity contribution in [2.45, 2.75) is 38.5 Å². The minimum Gasteiger partial charge on any atom is -0.481 e. The molecule has 0 aromatic heterocycles. The van der Waals surface area contributed by atoms with Crippen molar-refractivity contribution in [1.29, 1.82) is 0 Å². The Kier molecular flexibility index (Phi) is 3.03. The highest BCUT2D eigenvalue weighted by Gasteiger charge is 2.76. The first-order chi connectivity index (χ1) is 10.0. The van der Waals surface area contributed by atoms with Crippen LogP contribution in [0.2, 0.25) is 0 Å². The predicted octanol–water partition coefficient (Wildman–Crippen LogP) is 2.01. The average Bonchev–Trinajstić information content (AvgIpc) is 2.04. The van der Waals surface area contributed by atoms with Crippen LogP contribution in [0.3, 0.4) is 0 Å². The molecule has 8 heteroatoms. The first-order valence-electron chi connectivity index (χ1n) is 6.88. The molecule has 0 heterocycles. The van der Waals surface area contributed by atoms with E-state index in [1.807, 2.05) is 0 Å². The van der Waals surface area contributed by atoms with Crippen LogP contribution in [0.5, 0.6) is 0 Å². The molecule has 6 saturated carbocycles. The van der Waals surface area contributed by atoms with E-state index in [0.29, 0.717) is 38.5 Å². The van der Waals surface area contributed by atoms with Gasteiger partial charge >= 0.3 is 11.9 Å². The number of hydrogen-bond acceptors (Lipinski definition) is 4. The molecule has 6 aliphatic rings. The molecule has 0 amide bonds. The van der Waals surface area contributed by atoms with Crippen LogP contribution in [-0.2, 0) is 19.2 Å². The second-order valence-electron chi connectivity index (χ2n) is 7.34. The maximum Gasteiger partial charge on any atom is 0.309 e. The normalized spacial score (nSPS) is 45.5. The zero-order valence-corrected chi connectivity index (χ0v) is 13.0. The van der Waals surface area contributed by atoms with Crippen LogP contribution < -0.4 is 0 Å². The van der Waals surface area contributed by atoms with Crippen molar-refractivity contribution in [1.82, 2.24) is 0 Å². The lowest BCUT2D eigenvalue weighted by Crippen LogP contribution is -2.68. The average molecular weight is 349 g/mol. The molecule has 0 aromatic carbocycles. The van der Waals surface area contributed by atoms with Crippen molar-refractivity contribution >= 4 is 45.6 Å². The van der Waals surface area contributed by atoms with Gasteiger partial charge in [0.2, 0.25) is 10.5 Å². The number of aliphatic carboxylic acids is 2. The fraction of sp³-hybridized carbons (Fsp3) is 0.714. The molecule has 2 N–H and O–H groups in total. The van der Waals surface area contributed by atoms with Gasteiger partial charge in [-0.25, -0.2) is 0 Å². The van der Waals surface area contributed by atoms with Crippen molar-refractivity contribution < 1.29 is 29.4 Å². The minimum absolute atomic E-state index is 0.308. The first-order valence-corrected chi connectivity index (χ1v) is 7.64. The van der Waals surface area contributed by atoms with Gasteiger partial charge in [0, 0.05) is 10.8 Å². The van der Waals surface area contributed by atoms with Crippen molar-refractivity contribution in [3.8, 4) is 0 Å². The van der Waals surface area contributed by atoms with Crippen LogP contribution in [0.1, 0.15) is 38.5 Å². The Labute approximate surface area is 135 Å². The van der Waals surface area contributed by atoms with Gasteiger partial charge in [-0.2, -0.15) is 0 Å². The van der Waals surface area contributed by atoms with E-state index < -0.39 is 22.8 Å². The number of rotatable bonds is 4. The molecule has 0 atom stereocenters. The maximum atomic E-state index is 10.8. The lowest BCUT2D eigenvalue weighted by Gasteiger charge is -2.66. The van der Waals surface area contributed by atoms with E-state index >= 15 is 0 Å². The van der Waals surface area contributed by atoms with Crippen LogP contribution >= 0.6 is 23.2 Å². The third-order valence-corrected chi connectivity index (χ3v) is 6.60. The van der Waals surface area contributed by atoms with Gasteiger partial charge in [0.1, 0.15) is 0 Å². The highest BCUT2D eigenvalue weighted by molar-refractivity contribution is 6.67. The highest BCUT2D eigenvalue weighted by Crippen LogP contribution is 2.75. The van der Waals surface area contributed by atoms with Gasteiger partial charge in [0.05, 0.1) is 10.8 Å². The van der Waals surface area contributed by atoms with E-state index in [-0.39, 0.29) is 21.3 Å². The Hall–Kier alpha value is -1.14. The molecule has 4 bridgehead atoms. The fourth-order valence-electron chi connectivity index (χ4n) is 4.45. The number of carboxylic acid groups (broad SMARTS) is 2. The SMILES string of the molecule is O=C(Cl)C12CC(C(=O)Cl)(C1)C2.O=C(O)C12CC(C(=O)O)(C1)C2. The summed E-state index contributed by atoms with van der Waals surface area (Å²) in [4.78, 5) is 42.5. The van der Waals surface area contributed by atoms with Gasteiger partial charge in [0.25, 0.3) is 0 Å². The third-order valence-electron chi connectivity index (χ3n) is 5.80. The van der Waals surface area contributed by atoms with Crippen LogP contribution in [0, 0.1) is 21.7 Å². The molecule has 120 valence electrons. The third kappa shape index (κ3) is 1.74. The van der Waals surface area contributed by atoms with Gasteiger partial charge in [-0.05, 0) is 61.7 Å². The summed E-state index contributed by atoms with van der Waals surface area (Å²) in [5.74, 6) is -1.67. The Balaban J connectivity index is 0.000000131. The molecule has 6 rings (SSSR count). The molecule has 6 fully saturated rings. The van der Waals surface area contributed by atoms with Gasteiger partial charge in [-0.15, -0.1) is 0 Å². The molecule has 6 nitrogen and oxygen atoms in total. The summed E-state index contributed by atoms with van der Waals surface area (Å²) in [6.07, 6.45) is 2.74. The van der Waals surface area contributed by atoms with Crippen LogP contribution in [0.15, 0.2) is 0 Å². The monoisotopic (exact) mass is 348 g/mol. The largest absolute Gasteiger partial charge is 0.481 e. The predicted molar refractivity (Wildman–Crippen MR) is 74.4 cm³/mol. The zero-order valence-electron chi connectivity index (χ0n) is 11.5. The van der Waals surface area contributed by atoms with Gasteiger partial charge in [-0.3, -0.25) is 19.2 Å². The molecule has 22 heavy (non-hydrogen) atoms. The second kappa shape index (κ2) is 4.23. The number of halogens is 2. The number of carbonyl (C=O) groups is 4. The summed E-state index contributed by atoms with van der Waals surface area (Å²) in [5.41, 5.74) is -2.05. The maximum absolute atomic E-state index is 10.8. The van der Waals surface area contributed by atoms with E-state index in [1.165, 1.54) is 0 Å². The van der Waals surface area contributed by atoms with Crippen LogP contribution in [-0.4, -0.2) is 32.6 Å². The van der Waals surface area contributed by atoms with Crippen molar-refractivity contribution in [3.63, 3.8) is 0 Å². The van der Waals surface area contributed by atoms with Gasteiger partial charge in [-0.1, -0.05) is 0 Å². The molecule has 6 aliphatic carbocycles. The molecule has 0 aliphatic heterocycles. The smallest absolute Gasteiger partial charge is 0.309 e. The number of hydrogen-bond donors (Lipinski definition) is 2.